The van der Waals surface area contributed by atoms with Crippen LogP contribution in [-0.2, 0) is 9.59 Å². The molecule has 2 amide bonds. The summed E-state index contributed by atoms with van der Waals surface area (Å²) in [6.07, 6.45) is 2.14. The molecular formula is C24H25N3O4. The lowest BCUT2D eigenvalue weighted by Gasteiger charge is -2.33. The van der Waals surface area contributed by atoms with Gasteiger partial charge in [0.15, 0.2) is 5.78 Å². The Kier molecular flexibility index (Phi) is 6.11. The van der Waals surface area contributed by atoms with Gasteiger partial charge in [0, 0.05) is 44.5 Å². The SMILES string of the molecule is CN1N=C(C(=O)N2CCCC(C(=O)c3ccc(Oc4ccccc4)cc3)C2)CCC1=O. The third kappa shape index (κ3) is 4.82. The van der Waals surface area contributed by atoms with Crippen LogP contribution >= 0.6 is 0 Å². The van der Waals surface area contributed by atoms with Crippen molar-refractivity contribution in [3.05, 3.63) is 60.2 Å². The number of hydrogen-bond donors (Lipinski definition) is 0. The van der Waals surface area contributed by atoms with E-state index in [0.717, 1.165) is 18.6 Å². The van der Waals surface area contributed by atoms with E-state index in [1.54, 1.807) is 36.2 Å². The van der Waals surface area contributed by atoms with Crippen LogP contribution in [0.3, 0.4) is 0 Å². The van der Waals surface area contributed by atoms with Crippen molar-refractivity contribution in [3.63, 3.8) is 0 Å². The van der Waals surface area contributed by atoms with Crippen LogP contribution in [-0.4, -0.2) is 53.4 Å². The van der Waals surface area contributed by atoms with Crippen molar-refractivity contribution < 1.29 is 19.1 Å². The lowest BCUT2D eigenvalue weighted by Crippen LogP contribution is -2.46. The molecule has 0 aromatic heterocycles. The molecule has 1 fully saturated rings. The zero-order valence-electron chi connectivity index (χ0n) is 17.5. The van der Waals surface area contributed by atoms with Gasteiger partial charge in [-0.1, -0.05) is 18.2 Å². The molecule has 1 unspecified atom stereocenters. The number of amides is 2. The summed E-state index contributed by atoms with van der Waals surface area (Å²) in [4.78, 5) is 39.2. The number of hydrogen-bond acceptors (Lipinski definition) is 5. The lowest BCUT2D eigenvalue weighted by atomic mass is 9.89. The minimum absolute atomic E-state index is 0.0293. The Labute approximate surface area is 181 Å². The maximum atomic E-state index is 13.0. The number of hydrazone groups is 1. The monoisotopic (exact) mass is 419 g/mol. The van der Waals surface area contributed by atoms with Gasteiger partial charge < -0.3 is 9.64 Å². The first-order chi connectivity index (χ1) is 15.0. The molecule has 7 nitrogen and oxygen atoms in total. The summed E-state index contributed by atoms with van der Waals surface area (Å²) >= 11 is 0. The Morgan fingerprint density at radius 1 is 1.00 bits per heavy atom. The number of carbonyl (C=O) groups is 3. The zero-order valence-corrected chi connectivity index (χ0v) is 17.5. The highest BCUT2D eigenvalue weighted by molar-refractivity contribution is 6.39. The quantitative estimate of drug-likeness (QED) is 0.695. The standard InChI is InChI=1S/C24H25N3O4/c1-26-22(28)14-13-21(25-26)24(30)27-15-5-6-18(16-27)23(29)17-9-11-20(12-10-17)31-19-7-3-2-4-8-19/h2-4,7-12,18H,5-6,13-16H2,1H3. The van der Waals surface area contributed by atoms with Gasteiger partial charge in [0.25, 0.3) is 5.91 Å². The van der Waals surface area contributed by atoms with Gasteiger partial charge in [-0.15, -0.1) is 0 Å². The average molecular weight is 419 g/mol. The molecule has 2 heterocycles. The van der Waals surface area contributed by atoms with Crippen molar-refractivity contribution in [2.24, 2.45) is 11.0 Å². The maximum Gasteiger partial charge on any atom is 0.270 e. The Morgan fingerprint density at radius 3 is 2.42 bits per heavy atom. The number of para-hydroxylation sites is 1. The minimum atomic E-state index is -0.248. The predicted molar refractivity (Wildman–Crippen MR) is 116 cm³/mol. The van der Waals surface area contributed by atoms with E-state index in [-0.39, 0.29) is 29.9 Å². The van der Waals surface area contributed by atoms with Crippen LogP contribution in [0.25, 0.3) is 0 Å². The molecule has 0 bridgehead atoms. The normalized spacial score (nSPS) is 19.1. The molecular weight excluding hydrogens is 394 g/mol. The largest absolute Gasteiger partial charge is 0.457 e. The van der Waals surface area contributed by atoms with Crippen molar-refractivity contribution >= 4 is 23.3 Å². The Balaban J connectivity index is 1.40. The number of ether oxygens (including phenoxy) is 1. The zero-order chi connectivity index (χ0) is 21.8. The smallest absolute Gasteiger partial charge is 0.270 e. The highest BCUT2D eigenvalue weighted by Crippen LogP contribution is 2.25. The highest BCUT2D eigenvalue weighted by atomic mass is 16.5. The first-order valence-electron chi connectivity index (χ1n) is 10.5. The fraction of sp³-hybridized carbons (Fsp3) is 0.333. The van der Waals surface area contributed by atoms with Crippen molar-refractivity contribution in [2.75, 3.05) is 20.1 Å². The molecule has 1 atom stereocenters. The number of ketones is 1. The van der Waals surface area contributed by atoms with Crippen LogP contribution in [0.1, 0.15) is 36.0 Å². The molecule has 0 N–H and O–H groups in total. The Bertz CT molecular complexity index is 1000. The third-order valence-corrected chi connectivity index (χ3v) is 5.65. The molecule has 0 radical (unpaired) electrons. The van der Waals surface area contributed by atoms with Crippen LogP contribution in [0.4, 0.5) is 0 Å². The van der Waals surface area contributed by atoms with Crippen molar-refractivity contribution in [1.29, 1.82) is 0 Å². The van der Waals surface area contributed by atoms with E-state index < -0.39 is 0 Å². The fourth-order valence-corrected chi connectivity index (χ4v) is 3.93. The molecule has 0 aliphatic carbocycles. The molecule has 2 aliphatic heterocycles. The van der Waals surface area contributed by atoms with Crippen LogP contribution in [0.2, 0.25) is 0 Å². The summed E-state index contributed by atoms with van der Waals surface area (Å²) in [5, 5.41) is 5.35. The van der Waals surface area contributed by atoms with Crippen molar-refractivity contribution in [2.45, 2.75) is 25.7 Å². The molecule has 2 aliphatic rings. The summed E-state index contributed by atoms with van der Waals surface area (Å²) in [5.74, 6) is 0.911. The highest BCUT2D eigenvalue weighted by Gasteiger charge is 2.32. The summed E-state index contributed by atoms with van der Waals surface area (Å²) in [7, 11) is 1.56. The number of benzene rings is 2. The first kappa shape index (κ1) is 20.8. The summed E-state index contributed by atoms with van der Waals surface area (Å²) < 4.78 is 5.79. The van der Waals surface area contributed by atoms with Crippen molar-refractivity contribution in [3.8, 4) is 11.5 Å². The number of carbonyl (C=O) groups excluding carboxylic acids is 3. The average Bonchev–Trinajstić information content (AvgIpc) is 2.81. The van der Waals surface area contributed by atoms with Crippen LogP contribution in [0, 0.1) is 5.92 Å². The summed E-state index contributed by atoms with van der Waals surface area (Å²) in [6.45, 7) is 0.972. The predicted octanol–water partition coefficient (Wildman–Crippen LogP) is 3.51. The van der Waals surface area contributed by atoms with E-state index in [1.165, 1.54) is 5.01 Å². The van der Waals surface area contributed by atoms with Crippen LogP contribution < -0.4 is 4.74 Å². The number of nitrogens with zero attached hydrogens (tertiary/aromatic N) is 3. The first-order valence-corrected chi connectivity index (χ1v) is 10.5. The van der Waals surface area contributed by atoms with Crippen LogP contribution in [0.5, 0.6) is 11.5 Å². The second-order valence-corrected chi connectivity index (χ2v) is 7.86. The van der Waals surface area contributed by atoms with Gasteiger partial charge in [0.2, 0.25) is 5.91 Å². The topological polar surface area (TPSA) is 79.3 Å². The van der Waals surface area contributed by atoms with E-state index >= 15 is 0 Å². The maximum absolute atomic E-state index is 13.0. The second-order valence-electron chi connectivity index (χ2n) is 7.86. The second kappa shape index (κ2) is 9.12. The molecule has 2 aromatic rings. The van der Waals surface area contributed by atoms with E-state index in [1.807, 2.05) is 30.3 Å². The third-order valence-electron chi connectivity index (χ3n) is 5.65. The minimum Gasteiger partial charge on any atom is -0.457 e. The molecule has 160 valence electrons. The Morgan fingerprint density at radius 2 is 1.71 bits per heavy atom. The summed E-state index contributed by atoms with van der Waals surface area (Å²) in [5.41, 5.74) is 0.998. The van der Waals surface area contributed by atoms with Gasteiger partial charge >= 0.3 is 0 Å². The van der Waals surface area contributed by atoms with E-state index in [9.17, 15) is 14.4 Å². The molecule has 31 heavy (non-hydrogen) atoms. The lowest BCUT2D eigenvalue weighted by molar-refractivity contribution is -0.130. The molecule has 7 heteroatoms. The van der Waals surface area contributed by atoms with Crippen molar-refractivity contribution in [1.82, 2.24) is 9.91 Å². The van der Waals surface area contributed by atoms with E-state index in [0.29, 0.717) is 36.5 Å². The number of rotatable bonds is 5. The molecule has 4 rings (SSSR count). The summed E-state index contributed by atoms with van der Waals surface area (Å²) in [6, 6.07) is 16.6. The van der Waals surface area contributed by atoms with Gasteiger partial charge in [-0.2, -0.15) is 5.10 Å². The van der Waals surface area contributed by atoms with Gasteiger partial charge in [0.05, 0.1) is 0 Å². The van der Waals surface area contributed by atoms with Crippen LogP contribution in [0.15, 0.2) is 59.7 Å². The number of Topliss-reactive ketones (excluding diaryl/α,β-unsaturated/α-hetero) is 1. The van der Waals surface area contributed by atoms with Gasteiger partial charge in [-0.3, -0.25) is 14.4 Å². The van der Waals surface area contributed by atoms with Gasteiger partial charge in [-0.05, 0) is 49.2 Å². The molecule has 0 saturated carbocycles. The number of likely N-dealkylation sites (tertiary alicyclic amines) is 1. The fourth-order valence-electron chi connectivity index (χ4n) is 3.93. The van der Waals surface area contributed by atoms with Gasteiger partial charge in [0.1, 0.15) is 17.2 Å². The number of piperidine rings is 1. The van der Waals surface area contributed by atoms with E-state index in [2.05, 4.69) is 5.10 Å². The molecule has 2 aromatic carbocycles. The Hall–Kier alpha value is -3.48. The molecule has 1 saturated heterocycles. The van der Waals surface area contributed by atoms with Gasteiger partial charge in [-0.25, -0.2) is 5.01 Å². The molecule has 0 spiro atoms. The van der Waals surface area contributed by atoms with E-state index in [4.69, 9.17) is 4.74 Å².